The van der Waals surface area contributed by atoms with Crippen LogP contribution in [0.25, 0.3) is 0 Å². The van der Waals surface area contributed by atoms with Crippen molar-refractivity contribution in [3.05, 3.63) is 33.5 Å². The highest BCUT2D eigenvalue weighted by atomic mass is 127. The van der Waals surface area contributed by atoms with E-state index < -0.39 is 17.8 Å². The fourth-order valence-electron chi connectivity index (χ4n) is 1.92. The molecule has 8 heteroatoms. The van der Waals surface area contributed by atoms with Crippen LogP contribution in [0, 0.1) is 10.7 Å². The quantitative estimate of drug-likeness (QED) is 0.375. The molecule has 1 aliphatic heterocycles. The molecule has 0 atom stereocenters. The van der Waals surface area contributed by atoms with Gasteiger partial charge in [0.25, 0.3) is 11.8 Å². The summed E-state index contributed by atoms with van der Waals surface area (Å²) in [6.07, 6.45) is 0. The van der Waals surface area contributed by atoms with Crippen molar-refractivity contribution in [2.75, 3.05) is 4.90 Å². The van der Waals surface area contributed by atoms with Gasteiger partial charge in [0.2, 0.25) is 0 Å². The van der Waals surface area contributed by atoms with E-state index in [9.17, 15) is 19.5 Å². The van der Waals surface area contributed by atoms with E-state index in [1.807, 2.05) is 67.8 Å². The van der Waals surface area contributed by atoms with E-state index in [1.54, 1.807) is 19.9 Å². The number of anilines is 1. The Kier molecular flexibility index (Phi) is 4.97. The third kappa shape index (κ3) is 2.73. The predicted molar refractivity (Wildman–Crippen MR) is 99.8 cm³/mol. The van der Waals surface area contributed by atoms with Crippen LogP contribution in [0.15, 0.2) is 17.2 Å². The fraction of sp³-hybridized carbons (Fsp3) is 0.154. The highest BCUT2D eigenvalue weighted by Crippen LogP contribution is 2.37. The third-order valence-corrected chi connectivity index (χ3v) is 5.91. The van der Waals surface area contributed by atoms with Gasteiger partial charge in [-0.25, -0.2) is 4.90 Å². The standard InChI is InChI=1S/C13H8I3NO4/c1-4-5(2)12(19)17(11(4)18)10-7(15)3-6(14)8(9(10)16)13(20)21/h3H,1-2H3,(H,20,21)/p-1. The molecule has 0 spiro atoms. The van der Waals surface area contributed by atoms with Crippen LogP contribution in [0.1, 0.15) is 24.2 Å². The summed E-state index contributed by atoms with van der Waals surface area (Å²) in [5.74, 6) is -2.17. The van der Waals surface area contributed by atoms with E-state index in [1.165, 1.54) is 0 Å². The van der Waals surface area contributed by atoms with Crippen LogP contribution in [-0.4, -0.2) is 17.8 Å². The van der Waals surface area contributed by atoms with Gasteiger partial charge in [-0.05, 0) is 87.7 Å². The zero-order valence-corrected chi connectivity index (χ0v) is 17.3. The lowest BCUT2D eigenvalue weighted by Gasteiger charge is -2.21. The van der Waals surface area contributed by atoms with Crippen molar-refractivity contribution >= 4 is 91.2 Å². The number of hydrogen-bond donors (Lipinski definition) is 0. The largest absolute Gasteiger partial charge is 0.545 e. The number of halogens is 3. The van der Waals surface area contributed by atoms with Crippen LogP contribution in [0.5, 0.6) is 0 Å². The smallest absolute Gasteiger partial charge is 0.261 e. The van der Waals surface area contributed by atoms with Gasteiger partial charge >= 0.3 is 0 Å². The first-order valence-corrected chi connectivity index (χ1v) is 8.87. The molecule has 0 saturated carbocycles. The zero-order valence-electron chi connectivity index (χ0n) is 10.8. The van der Waals surface area contributed by atoms with Gasteiger partial charge in [0.1, 0.15) is 0 Å². The van der Waals surface area contributed by atoms with E-state index in [-0.39, 0.29) is 5.56 Å². The number of carboxylic acids is 1. The molecule has 21 heavy (non-hydrogen) atoms. The minimum atomic E-state index is -1.33. The molecule has 0 bridgehead atoms. The molecule has 0 unspecified atom stereocenters. The lowest BCUT2D eigenvalue weighted by Crippen LogP contribution is -2.34. The van der Waals surface area contributed by atoms with Crippen LogP contribution >= 0.6 is 67.8 Å². The van der Waals surface area contributed by atoms with Crippen LogP contribution in [-0.2, 0) is 9.59 Å². The Hall–Kier alpha value is -0.240. The van der Waals surface area contributed by atoms with Gasteiger partial charge in [-0.3, -0.25) is 9.59 Å². The van der Waals surface area contributed by atoms with Gasteiger partial charge < -0.3 is 9.90 Å². The average Bonchev–Trinajstić information content (AvgIpc) is 2.55. The highest BCUT2D eigenvalue weighted by molar-refractivity contribution is 14.1. The molecule has 1 aromatic carbocycles. The zero-order chi connectivity index (χ0) is 16.1. The van der Waals surface area contributed by atoms with E-state index >= 15 is 0 Å². The highest BCUT2D eigenvalue weighted by Gasteiger charge is 2.37. The summed E-state index contributed by atoms with van der Waals surface area (Å²) in [6.45, 7) is 3.17. The Bertz CT molecular complexity index is 715. The Morgan fingerprint density at radius 3 is 1.95 bits per heavy atom. The SMILES string of the molecule is CC1=C(C)C(=O)N(c2c(I)cc(I)c(C(=O)[O-])c2I)C1=O. The molecule has 0 N–H and O–H groups in total. The van der Waals surface area contributed by atoms with E-state index in [0.29, 0.717) is 27.5 Å². The van der Waals surface area contributed by atoms with Crippen molar-refractivity contribution in [2.24, 2.45) is 0 Å². The maximum Gasteiger partial charge on any atom is 0.261 e. The van der Waals surface area contributed by atoms with E-state index in [0.717, 1.165) is 4.90 Å². The Morgan fingerprint density at radius 2 is 1.52 bits per heavy atom. The minimum Gasteiger partial charge on any atom is -0.545 e. The van der Waals surface area contributed by atoms with Crippen molar-refractivity contribution < 1.29 is 19.5 Å². The second kappa shape index (κ2) is 6.10. The monoisotopic (exact) mass is 622 g/mol. The average molecular weight is 622 g/mol. The lowest BCUT2D eigenvalue weighted by molar-refractivity contribution is -0.255. The number of hydrogen-bond acceptors (Lipinski definition) is 4. The molecule has 2 rings (SSSR count). The molecular formula is C13H7I3NO4-. The fourth-order valence-corrected chi connectivity index (χ4v) is 6.22. The molecule has 0 aliphatic carbocycles. The Balaban J connectivity index is 2.73. The van der Waals surface area contributed by atoms with Crippen molar-refractivity contribution in [3.8, 4) is 0 Å². The second-order valence-corrected chi connectivity index (χ2v) is 7.76. The first-order chi connectivity index (χ1) is 9.68. The van der Waals surface area contributed by atoms with Gasteiger partial charge in [-0.1, -0.05) is 0 Å². The Labute approximate surface area is 161 Å². The molecule has 0 aromatic heterocycles. The molecule has 0 saturated heterocycles. The molecule has 1 aliphatic rings. The summed E-state index contributed by atoms with van der Waals surface area (Å²) in [4.78, 5) is 36.9. The number of benzene rings is 1. The molecular weight excluding hydrogens is 615 g/mol. The topological polar surface area (TPSA) is 77.5 Å². The van der Waals surface area contributed by atoms with Crippen LogP contribution in [0.2, 0.25) is 0 Å². The summed E-state index contributed by atoms with van der Waals surface area (Å²) in [6, 6.07) is 1.62. The normalized spacial score (nSPS) is 15.2. The summed E-state index contributed by atoms with van der Waals surface area (Å²) in [7, 11) is 0. The third-order valence-electron chi connectivity index (χ3n) is 3.18. The van der Waals surface area contributed by atoms with Crippen LogP contribution in [0.4, 0.5) is 5.69 Å². The van der Waals surface area contributed by atoms with Gasteiger partial charge in [-0.15, -0.1) is 0 Å². The number of carbonyl (C=O) groups is 3. The molecule has 110 valence electrons. The van der Waals surface area contributed by atoms with Gasteiger partial charge in [-0.2, -0.15) is 0 Å². The number of amides is 2. The molecule has 0 radical (unpaired) electrons. The number of carboxylic acid groups (broad SMARTS) is 1. The van der Waals surface area contributed by atoms with Gasteiger partial charge in [0, 0.05) is 27.4 Å². The molecule has 1 heterocycles. The summed E-state index contributed by atoms with van der Waals surface area (Å²) >= 11 is 5.72. The first kappa shape index (κ1) is 17.1. The summed E-state index contributed by atoms with van der Waals surface area (Å²) < 4.78 is 1.47. The molecule has 0 fully saturated rings. The molecule has 2 amide bonds. The predicted octanol–water partition coefficient (Wildman–Crippen LogP) is 2.07. The number of rotatable bonds is 2. The number of aromatic carboxylic acids is 1. The number of nitrogens with zero attached hydrogens (tertiary/aromatic N) is 1. The lowest BCUT2D eigenvalue weighted by atomic mass is 10.2. The van der Waals surface area contributed by atoms with E-state index in [2.05, 4.69) is 0 Å². The van der Waals surface area contributed by atoms with Gasteiger partial charge in [0.05, 0.1) is 11.7 Å². The summed E-state index contributed by atoms with van der Waals surface area (Å²) in [5, 5.41) is 11.3. The van der Waals surface area contributed by atoms with Crippen molar-refractivity contribution in [1.29, 1.82) is 0 Å². The summed E-state index contributed by atoms with van der Waals surface area (Å²) in [5.41, 5.74) is 1.05. The molecule has 1 aromatic rings. The molecule has 5 nitrogen and oxygen atoms in total. The van der Waals surface area contributed by atoms with Gasteiger partial charge in [0.15, 0.2) is 0 Å². The Morgan fingerprint density at radius 1 is 1.05 bits per heavy atom. The van der Waals surface area contributed by atoms with E-state index in [4.69, 9.17) is 0 Å². The van der Waals surface area contributed by atoms with Crippen molar-refractivity contribution in [1.82, 2.24) is 0 Å². The van der Waals surface area contributed by atoms with Crippen LogP contribution in [0.3, 0.4) is 0 Å². The van der Waals surface area contributed by atoms with Crippen molar-refractivity contribution in [3.63, 3.8) is 0 Å². The number of imide groups is 1. The maximum atomic E-state index is 12.3. The maximum absolute atomic E-state index is 12.3. The number of carbonyl (C=O) groups excluding carboxylic acids is 3. The first-order valence-electron chi connectivity index (χ1n) is 5.63. The minimum absolute atomic E-state index is 0.00516. The van der Waals surface area contributed by atoms with Crippen molar-refractivity contribution in [2.45, 2.75) is 13.8 Å². The second-order valence-electron chi connectivity index (χ2n) is 4.36. The van der Waals surface area contributed by atoms with Crippen LogP contribution < -0.4 is 10.0 Å².